The second-order valence-corrected chi connectivity index (χ2v) is 4.14. The molecule has 1 amide bonds. The number of hydrogen-bond donors (Lipinski definition) is 0. The first-order valence-electron chi connectivity index (χ1n) is 4.21. The van der Waals surface area contributed by atoms with Crippen LogP contribution in [-0.2, 0) is 4.79 Å². The Morgan fingerprint density at radius 1 is 1.36 bits per heavy atom. The SMILES string of the molecule is CC(C)C(Br)C(=O)N(CC#N)CC#N. The van der Waals surface area contributed by atoms with Crippen molar-refractivity contribution in [3.63, 3.8) is 0 Å². The molecular weight excluding hydrogens is 246 g/mol. The fourth-order valence-corrected chi connectivity index (χ4v) is 1.13. The van der Waals surface area contributed by atoms with Crippen molar-refractivity contribution >= 4 is 21.8 Å². The Hall–Kier alpha value is -1.07. The molecule has 0 aliphatic heterocycles. The molecule has 5 heteroatoms. The summed E-state index contributed by atoms with van der Waals surface area (Å²) in [5, 5.41) is 16.9. The summed E-state index contributed by atoms with van der Waals surface area (Å²) >= 11 is 3.24. The average molecular weight is 258 g/mol. The molecule has 1 unspecified atom stereocenters. The van der Waals surface area contributed by atoms with Crippen molar-refractivity contribution in [2.75, 3.05) is 13.1 Å². The molecule has 0 aromatic carbocycles. The minimum atomic E-state index is -0.329. The molecule has 0 aromatic rings. The summed E-state index contributed by atoms with van der Waals surface area (Å²) in [5.74, 6) is -0.0644. The van der Waals surface area contributed by atoms with Gasteiger partial charge in [0.25, 0.3) is 0 Å². The highest BCUT2D eigenvalue weighted by atomic mass is 79.9. The number of carbonyl (C=O) groups excluding carboxylic acids is 1. The van der Waals surface area contributed by atoms with E-state index < -0.39 is 0 Å². The lowest BCUT2D eigenvalue weighted by Crippen LogP contribution is -2.39. The molecule has 0 fully saturated rings. The minimum absolute atomic E-state index is 0.0405. The number of nitriles is 2. The zero-order valence-corrected chi connectivity index (χ0v) is 9.78. The maximum atomic E-state index is 11.6. The second kappa shape index (κ2) is 6.39. The van der Waals surface area contributed by atoms with Crippen LogP contribution in [0.2, 0.25) is 0 Å². The van der Waals surface area contributed by atoms with Gasteiger partial charge in [-0.3, -0.25) is 4.79 Å². The Bertz CT molecular complexity index is 261. The topological polar surface area (TPSA) is 67.9 Å². The molecule has 14 heavy (non-hydrogen) atoms. The van der Waals surface area contributed by atoms with Crippen LogP contribution in [0.5, 0.6) is 0 Å². The zero-order valence-electron chi connectivity index (χ0n) is 8.20. The fraction of sp³-hybridized carbons (Fsp3) is 0.667. The van der Waals surface area contributed by atoms with E-state index in [0.29, 0.717) is 0 Å². The lowest BCUT2D eigenvalue weighted by molar-refractivity contribution is -0.130. The summed E-state index contributed by atoms with van der Waals surface area (Å²) in [6.07, 6.45) is 0. The van der Waals surface area contributed by atoms with Crippen molar-refractivity contribution in [2.45, 2.75) is 18.7 Å². The third-order valence-electron chi connectivity index (χ3n) is 1.66. The van der Waals surface area contributed by atoms with Crippen LogP contribution in [-0.4, -0.2) is 28.7 Å². The van der Waals surface area contributed by atoms with Crippen LogP contribution in [0.1, 0.15) is 13.8 Å². The van der Waals surface area contributed by atoms with Gasteiger partial charge in [-0.15, -0.1) is 0 Å². The van der Waals surface area contributed by atoms with Crippen molar-refractivity contribution in [3.8, 4) is 12.1 Å². The van der Waals surface area contributed by atoms with Crippen molar-refractivity contribution in [1.82, 2.24) is 4.90 Å². The van der Waals surface area contributed by atoms with Crippen LogP contribution in [0, 0.1) is 28.6 Å². The third-order valence-corrected chi connectivity index (χ3v) is 3.11. The molecule has 0 saturated heterocycles. The van der Waals surface area contributed by atoms with E-state index in [2.05, 4.69) is 15.9 Å². The first-order chi connectivity index (χ1) is 6.54. The van der Waals surface area contributed by atoms with E-state index in [4.69, 9.17) is 10.5 Å². The first kappa shape index (κ1) is 12.9. The molecule has 0 aromatic heterocycles. The number of carbonyl (C=O) groups is 1. The van der Waals surface area contributed by atoms with Crippen LogP contribution in [0.4, 0.5) is 0 Å². The normalized spacial score (nSPS) is 11.6. The second-order valence-electron chi connectivity index (χ2n) is 3.16. The van der Waals surface area contributed by atoms with Gasteiger partial charge in [-0.1, -0.05) is 29.8 Å². The molecule has 0 rings (SSSR count). The summed E-state index contributed by atoms with van der Waals surface area (Å²) in [6.45, 7) is 3.71. The zero-order chi connectivity index (χ0) is 11.1. The number of halogens is 1. The lowest BCUT2D eigenvalue weighted by atomic mass is 10.1. The van der Waals surface area contributed by atoms with Gasteiger partial charge in [-0.05, 0) is 5.92 Å². The number of alkyl halides is 1. The minimum Gasteiger partial charge on any atom is -0.315 e. The summed E-state index contributed by atoms with van der Waals surface area (Å²) in [5.41, 5.74) is 0. The van der Waals surface area contributed by atoms with Gasteiger partial charge >= 0.3 is 0 Å². The third kappa shape index (κ3) is 3.76. The maximum absolute atomic E-state index is 11.6. The van der Waals surface area contributed by atoms with Crippen molar-refractivity contribution in [2.24, 2.45) is 5.92 Å². The van der Waals surface area contributed by atoms with E-state index in [1.54, 1.807) is 0 Å². The van der Waals surface area contributed by atoms with Gasteiger partial charge in [0.1, 0.15) is 13.1 Å². The van der Waals surface area contributed by atoms with Crippen molar-refractivity contribution < 1.29 is 4.79 Å². The van der Waals surface area contributed by atoms with Gasteiger partial charge in [0.2, 0.25) is 5.91 Å². The van der Waals surface area contributed by atoms with Gasteiger partial charge in [0.15, 0.2) is 0 Å². The van der Waals surface area contributed by atoms with Gasteiger partial charge in [0.05, 0.1) is 17.0 Å². The number of rotatable bonds is 4. The first-order valence-corrected chi connectivity index (χ1v) is 5.13. The Morgan fingerprint density at radius 2 is 1.79 bits per heavy atom. The molecule has 0 heterocycles. The summed E-state index contributed by atoms with van der Waals surface area (Å²) < 4.78 is 0. The highest BCUT2D eigenvalue weighted by Gasteiger charge is 2.23. The van der Waals surface area contributed by atoms with E-state index >= 15 is 0 Å². The highest BCUT2D eigenvalue weighted by molar-refractivity contribution is 9.10. The van der Waals surface area contributed by atoms with Gasteiger partial charge < -0.3 is 4.90 Å². The van der Waals surface area contributed by atoms with Gasteiger partial charge in [-0.2, -0.15) is 10.5 Å². The van der Waals surface area contributed by atoms with E-state index in [-0.39, 0.29) is 29.7 Å². The standard InChI is InChI=1S/C9H12BrN3O/c1-7(2)8(10)9(14)13(5-3-11)6-4-12/h7-8H,5-6H2,1-2H3. The predicted octanol–water partition coefficient (Wildman–Crippen LogP) is 1.28. The van der Waals surface area contributed by atoms with E-state index in [1.807, 2.05) is 26.0 Å². The predicted molar refractivity (Wildman–Crippen MR) is 55.4 cm³/mol. The summed E-state index contributed by atoms with van der Waals surface area (Å²) in [4.78, 5) is 12.5. The Kier molecular flexibility index (Phi) is 5.91. The smallest absolute Gasteiger partial charge is 0.238 e. The van der Waals surface area contributed by atoms with Crippen molar-refractivity contribution in [3.05, 3.63) is 0 Å². The Labute approximate surface area is 92.2 Å². The molecule has 76 valence electrons. The van der Waals surface area contributed by atoms with Crippen molar-refractivity contribution in [1.29, 1.82) is 10.5 Å². The number of nitrogens with zero attached hydrogens (tertiary/aromatic N) is 3. The largest absolute Gasteiger partial charge is 0.315 e. The molecule has 0 saturated carbocycles. The van der Waals surface area contributed by atoms with E-state index in [0.717, 1.165) is 0 Å². The van der Waals surface area contributed by atoms with Crippen LogP contribution >= 0.6 is 15.9 Å². The van der Waals surface area contributed by atoms with Gasteiger partial charge in [-0.25, -0.2) is 0 Å². The quantitative estimate of drug-likeness (QED) is 0.563. The van der Waals surface area contributed by atoms with E-state index in [9.17, 15) is 4.79 Å². The molecule has 4 nitrogen and oxygen atoms in total. The van der Waals surface area contributed by atoms with Crippen LogP contribution in [0.25, 0.3) is 0 Å². The number of amides is 1. The van der Waals surface area contributed by atoms with Crippen LogP contribution < -0.4 is 0 Å². The molecule has 0 aliphatic carbocycles. The summed E-state index contributed by atoms with van der Waals surface area (Å²) in [6, 6.07) is 3.72. The monoisotopic (exact) mass is 257 g/mol. The maximum Gasteiger partial charge on any atom is 0.238 e. The van der Waals surface area contributed by atoms with E-state index in [1.165, 1.54) is 4.90 Å². The Morgan fingerprint density at radius 3 is 2.07 bits per heavy atom. The summed E-state index contributed by atoms with van der Waals surface area (Å²) in [7, 11) is 0. The molecule has 0 N–H and O–H groups in total. The molecule has 0 radical (unpaired) electrons. The number of hydrogen-bond acceptors (Lipinski definition) is 3. The highest BCUT2D eigenvalue weighted by Crippen LogP contribution is 2.14. The fourth-order valence-electron chi connectivity index (χ4n) is 0.842. The molecule has 1 atom stereocenters. The van der Waals surface area contributed by atoms with Gasteiger partial charge in [0, 0.05) is 0 Å². The molecule has 0 bridgehead atoms. The van der Waals surface area contributed by atoms with Crippen LogP contribution in [0.15, 0.2) is 0 Å². The molecule has 0 spiro atoms. The molecular formula is C9H12BrN3O. The Balaban J connectivity index is 4.45. The van der Waals surface area contributed by atoms with Crippen LogP contribution in [0.3, 0.4) is 0 Å². The average Bonchev–Trinajstić information content (AvgIpc) is 2.15. The molecule has 0 aliphatic rings. The lowest BCUT2D eigenvalue weighted by Gasteiger charge is -2.21.